The summed E-state index contributed by atoms with van der Waals surface area (Å²) in [5.41, 5.74) is 0. The maximum absolute atomic E-state index is 5.59. The van der Waals surface area contributed by atoms with Crippen molar-refractivity contribution in [2.24, 2.45) is 5.92 Å². The fourth-order valence-corrected chi connectivity index (χ4v) is 2.45. The van der Waals surface area contributed by atoms with Crippen molar-refractivity contribution in [3.8, 4) is 5.88 Å². The van der Waals surface area contributed by atoms with Crippen molar-refractivity contribution >= 4 is 5.95 Å². The summed E-state index contributed by atoms with van der Waals surface area (Å²) in [6.07, 6.45) is 2.99. The van der Waals surface area contributed by atoms with Crippen molar-refractivity contribution in [3.63, 3.8) is 0 Å². The number of ether oxygens (including phenoxy) is 1. The molecule has 5 nitrogen and oxygen atoms in total. The van der Waals surface area contributed by atoms with Gasteiger partial charge in [0.2, 0.25) is 11.8 Å². The Morgan fingerprint density at radius 2 is 2.26 bits per heavy atom. The zero-order chi connectivity index (χ0) is 13.8. The Balaban J connectivity index is 1.98. The first-order chi connectivity index (χ1) is 9.04. The Morgan fingerprint density at radius 1 is 1.47 bits per heavy atom. The highest BCUT2D eigenvalue weighted by molar-refractivity contribution is 5.29. The minimum absolute atomic E-state index is 0.130. The van der Waals surface area contributed by atoms with Gasteiger partial charge in [0, 0.05) is 24.8 Å². The van der Waals surface area contributed by atoms with E-state index in [2.05, 4.69) is 34.2 Å². The van der Waals surface area contributed by atoms with Crippen molar-refractivity contribution < 1.29 is 4.74 Å². The largest absolute Gasteiger partial charge is 0.475 e. The Bertz CT molecular complexity index is 410. The molecule has 2 rings (SSSR count). The average Bonchev–Trinajstić information content (AvgIpc) is 2.32. The molecule has 5 heteroatoms. The number of hydrogen-bond acceptors (Lipinski definition) is 5. The average molecular weight is 264 g/mol. The highest BCUT2D eigenvalue weighted by Gasteiger charge is 2.24. The SMILES string of the molecule is CC(C)Oc1ccnc(NC2CCN(C)CC2C)n1. The Hall–Kier alpha value is -1.36. The fourth-order valence-electron chi connectivity index (χ4n) is 2.45. The third-order valence-corrected chi connectivity index (χ3v) is 3.41. The molecule has 1 saturated heterocycles. The lowest BCUT2D eigenvalue weighted by Crippen LogP contribution is -2.43. The van der Waals surface area contributed by atoms with Crippen LogP contribution in [0.2, 0.25) is 0 Å². The van der Waals surface area contributed by atoms with Gasteiger partial charge in [-0.05, 0) is 39.8 Å². The molecule has 0 bridgehead atoms. The van der Waals surface area contributed by atoms with E-state index < -0.39 is 0 Å². The first kappa shape index (κ1) is 14.1. The van der Waals surface area contributed by atoms with E-state index in [-0.39, 0.29) is 6.10 Å². The van der Waals surface area contributed by atoms with Crippen LogP contribution in [0.15, 0.2) is 12.3 Å². The monoisotopic (exact) mass is 264 g/mol. The van der Waals surface area contributed by atoms with Gasteiger partial charge in [-0.2, -0.15) is 4.98 Å². The van der Waals surface area contributed by atoms with Crippen LogP contribution in [0, 0.1) is 5.92 Å². The molecule has 1 aliphatic rings. The maximum Gasteiger partial charge on any atom is 0.226 e. The Kier molecular flexibility index (Phi) is 4.58. The molecule has 0 amide bonds. The van der Waals surface area contributed by atoms with Gasteiger partial charge in [0.05, 0.1) is 6.10 Å². The van der Waals surface area contributed by atoms with Crippen LogP contribution in [-0.2, 0) is 0 Å². The fraction of sp³-hybridized carbons (Fsp3) is 0.714. The molecule has 1 aromatic heterocycles. The van der Waals surface area contributed by atoms with Crippen molar-refractivity contribution in [3.05, 3.63) is 12.3 Å². The van der Waals surface area contributed by atoms with Crippen LogP contribution < -0.4 is 10.1 Å². The van der Waals surface area contributed by atoms with E-state index in [0.29, 0.717) is 23.8 Å². The predicted molar refractivity (Wildman–Crippen MR) is 76.5 cm³/mol. The zero-order valence-electron chi connectivity index (χ0n) is 12.3. The van der Waals surface area contributed by atoms with E-state index in [4.69, 9.17) is 4.74 Å². The maximum atomic E-state index is 5.59. The van der Waals surface area contributed by atoms with Gasteiger partial charge in [0.1, 0.15) is 0 Å². The molecule has 2 heterocycles. The molecule has 0 aliphatic carbocycles. The molecule has 106 valence electrons. The van der Waals surface area contributed by atoms with Crippen LogP contribution in [0.1, 0.15) is 27.2 Å². The molecule has 0 spiro atoms. The highest BCUT2D eigenvalue weighted by atomic mass is 16.5. The molecular weight excluding hydrogens is 240 g/mol. The third-order valence-electron chi connectivity index (χ3n) is 3.41. The van der Waals surface area contributed by atoms with E-state index in [1.54, 1.807) is 12.3 Å². The molecule has 1 aromatic rings. The molecule has 1 fully saturated rings. The topological polar surface area (TPSA) is 50.3 Å². The lowest BCUT2D eigenvalue weighted by molar-refractivity contribution is 0.205. The van der Waals surface area contributed by atoms with E-state index in [0.717, 1.165) is 19.5 Å². The number of likely N-dealkylation sites (tertiary alicyclic amines) is 1. The predicted octanol–water partition coefficient (Wildman–Crippen LogP) is 2.02. The Labute approximate surface area is 115 Å². The molecule has 19 heavy (non-hydrogen) atoms. The first-order valence-corrected chi connectivity index (χ1v) is 6.99. The van der Waals surface area contributed by atoms with Crippen molar-refractivity contribution in [2.75, 3.05) is 25.5 Å². The van der Waals surface area contributed by atoms with Crippen LogP contribution >= 0.6 is 0 Å². The summed E-state index contributed by atoms with van der Waals surface area (Å²) in [6, 6.07) is 2.23. The number of rotatable bonds is 4. The number of nitrogens with zero attached hydrogens (tertiary/aromatic N) is 3. The van der Waals surface area contributed by atoms with Gasteiger partial charge in [-0.15, -0.1) is 0 Å². The van der Waals surface area contributed by atoms with E-state index in [1.165, 1.54) is 0 Å². The summed E-state index contributed by atoms with van der Waals surface area (Å²) in [5.74, 6) is 1.89. The summed E-state index contributed by atoms with van der Waals surface area (Å²) in [4.78, 5) is 11.0. The Morgan fingerprint density at radius 3 is 2.95 bits per heavy atom. The van der Waals surface area contributed by atoms with E-state index in [9.17, 15) is 0 Å². The molecule has 2 atom stereocenters. The lowest BCUT2D eigenvalue weighted by atomic mass is 9.94. The number of hydrogen-bond donors (Lipinski definition) is 1. The van der Waals surface area contributed by atoms with Crippen LogP contribution in [-0.4, -0.2) is 47.2 Å². The molecule has 1 N–H and O–H groups in total. The number of aromatic nitrogens is 2. The molecule has 0 aromatic carbocycles. The van der Waals surface area contributed by atoms with Crippen LogP contribution in [0.3, 0.4) is 0 Å². The zero-order valence-corrected chi connectivity index (χ0v) is 12.3. The molecule has 0 saturated carbocycles. The van der Waals surface area contributed by atoms with Crippen molar-refractivity contribution in [2.45, 2.75) is 39.3 Å². The quantitative estimate of drug-likeness (QED) is 0.901. The van der Waals surface area contributed by atoms with Crippen molar-refractivity contribution in [1.82, 2.24) is 14.9 Å². The summed E-state index contributed by atoms with van der Waals surface area (Å²) in [5, 5.41) is 3.44. The van der Waals surface area contributed by atoms with Gasteiger partial charge < -0.3 is 15.0 Å². The summed E-state index contributed by atoms with van der Waals surface area (Å²) in [6.45, 7) is 8.48. The van der Waals surface area contributed by atoms with E-state index in [1.807, 2.05) is 13.8 Å². The smallest absolute Gasteiger partial charge is 0.226 e. The normalized spacial score (nSPS) is 24.5. The minimum atomic E-state index is 0.130. The van der Waals surface area contributed by atoms with Crippen LogP contribution in [0.4, 0.5) is 5.95 Å². The summed E-state index contributed by atoms with van der Waals surface area (Å²) in [7, 11) is 2.17. The van der Waals surface area contributed by atoms with Gasteiger partial charge in [-0.3, -0.25) is 0 Å². The van der Waals surface area contributed by atoms with Gasteiger partial charge >= 0.3 is 0 Å². The van der Waals surface area contributed by atoms with Crippen molar-refractivity contribution in [1.29, 1.82) is 0 Å². The molecule has 1 aliphatic heterocycles. The second kappa shape index (κ2) is 6.19. The summed E-state index contributed by atoms with van der Waals surface area (Å²) >= 11 is 0. The molecular formula is C14H24N4O. The highest BCUT2D eigenvalue weighted by Crippen LogP contribution is 2.19. The minimum Gasteiger partial charge on any atom is -0.475 e. The standard InChI is InChI=1S/C14H24N4O/c1-10(2)19-13-5-7-15-14(17-13)16-12-6-8-18(4)9-11(12)3/h5,7,10-12H,6,8-9H2,1-4H3,(H,15,16,17). The lowest BCUT2D eigenvalue weighted by Gasteiger charge is -2.35. The van der Waals surface area contributed by atoms with Crippen LogP contribution in [0.25, 0.3) is 0 Å². The number of nitrogens with one attached hydrogen (secondary N) is 1. The first-order valence-electron chi connectivity index (χ1n) is 6.99. The van der Waals surface area contributed by atoms with Crippen LogP contribution in [0.5, 0.6) is 5.88 Å². The van der Waals surface area contributed by atoms with Gasteiger partial charge in [0.25, 0.3) is 0 Å². The number of piperidine rings is 1. The van der Waals surface area contributed by atoms with E-state index >= 15 is 0 Å². The second-order valence-corrected chi connectivity index (χ2v) is 5.66. The van der Waals surface area contributed by atoms with Gasteiger partial charge in [0.15, 0.2) is 0 Å². The molecule has 0 radical (unpaired) electrons. The number of anilines is 1. The third kappa shape index (κ3) is 4.06. The molecule has 2 unspecified atom stereocenters. The second-order valence-electron chi connectivity index (χ2n) is 5.66. The summed E-state index contributed by atoms with van der Waals surface area (Å²) < 4.78 is 5.59. The van der Waals surface area contributed by atoms with Gasteiger partial charge in [-0.1, -0.05) is 6.92 Å². The van der Waals surface area contributed by atoms with Gasteiger partial charge in [-0.25, -0.2) is 4.98 Å².